The lowest BCUT2D eigenvalue weighted by atomic mass is 9.99. The first-order valence-corrected chi connectivity index (χ1v) is 18.9. The number of aromatic nitrogens is 5. The van der Waals surface area contributed by atoms with Gasteiger partial charge in [0.1, 0.15) is 35.5 Å². The molecule has 1 saturated carbocycles. The summed E-state index contributed by atoms with van der Waals surface area (Å²) in [6, 6.07) is 12.5. The molecule has 1 N–H and O–H groups in total. The summed E-state index contributed by atoms with van der Waals surface area (Å²) in [6.07, 6.45) is 7.07. The first-order valence-electron chi connectivity index (χ1n) is 15.2. The smallest absolute Gasteiger partial charge is 0.255 e. The van der Waals surface area contributed by atoms with Gasteiger partial charge < -0.3 is 24.1 Å². The number of carbonyl (C=O) groups excluding carboxylic acids is 2. The van der Waals surface area contributed by atoms with Crippen LogP contribution in [0.3, 0.4) is 0 Å². The number of para-hydroxylation sites is 1. The van der Waals surface area contributed by atoms with Crippen LogP contribution in [-0.2, 0) is 16.3 Å². The summed E-state index contributed by atoms with van der Waals surface area (Å²) < 4.78 is 9.81. The molecule has 6 rings (SSSR count). The van der Waals surface area contributed by atoms with Gasteiger partial charge in [0, 0.05) is 45.9 Å². The van der Waals surface area contributed by atoms with Crippen LogP contribution in [0.1, 0.15) is 29.0 Å². The van der Waals surface area contributed by atoms with Crippen molar-refractivity contribution in [2.24, 2.45) is 11.8 Å². The van der Waals surface area contributed by atoms with Crippen LogP contribution in [0.15, 0.2) is 48.9 Å². The molecule has 11 nitrogen and oxygen atoms in total. The summed E-state index contributed by atoms with van der Waals surface area (Å²) >= 11 is 0. The minimum atomic E-state index is -1.27. The molecule has 0 unspecified atom stereocenters. The molecule has 4 aromatic rings. The molecule has 1 aliphatic heterocycles. The molecule has 1 atom stereocenters. The van der Waals surface area contributed by atoms with E-state index in [0.29, 0.717) is 47.8 Å². The maximum atomic E-state index is 13.9. The number of nitrogens with zero attached hydrogens (tertiary/aromatic N) is 7. The lowest BCUT2D eigenvalue weighted by molar-refractivity contribution is -0.138. The van der Waals surface area contributed by atoms with Crippen molar-refractivity contribution in [3.8, 4) is 23.1 Å². The number of imidazole rings is 1. The van der Waals surface area contributed by atoms with Gasteiger partial charge in [-0.25, -0.2) is 15.0 Å². The lowest BCUT2D eigenvalue weighted by Gasteiger charge is -2.37. The molecule has 1 saturated heterocycles. The van der Waals surface area contributed by atoms with Gasteiger partial charge in [-0.1, -0.05) is 37.8 Å². The van der Waals surface area contributed by atoms with Gasteiger partial charge in [0.05, 0.1) is 23.7 Å². The average molecular weight is 611 g/mol. The summed E-state index contributed by atoms with van der Waals surface area (Å²) in [5.41, 5.74) is 3.45. The molecule has 2 fully saturated rings. The van der Waals surface area contributed by atoms with Gasteiger partial charge in [0.2, 0.25) is 5.91 Å². The molecule has 3 aromatic heterocycles. The number of amides is 2. The molecule has 0 bridgehead atoms. The van der Waals surface area contributed by atoms with Gasteiger partial charge in [-0.15, -0.1) is 0 Å². The Morgan fingerprint density at radius 1 is 1.11 bits per heavy atom. The minimum Gasteiger partial charge on any atom is -0.361 e. The highest BCUT2D eigenvalue weighted by atomic mass is 28.3. The summed E-state index contributed by atoms with van der Waals surface area (Å²) in [7, 11) is -1.27. The van der Waals surface area contributed by atoms with Crippen molar-refractivity contribution in [3.05, 3.63) is 60.3 Å². The van der Waals surface area contributed by atoms with E-state index in [-0.39, 0.29) is 30.4 Å². The van der Waals surface area contributed by atoms with Crippen molar-refractivity contribution >= 4 is 31.1 Å². The zero-order valence-corrected chi connectivity index (χ0v) is 26.7. The molecule has 0 spiro atoms. The third-order valence-corrected chi connectivity index (χ3v) is 9.94. The normalized spacial score (nSPS) is 16.0. The number of carbonyl (C=O) groups is 2. The number of nitriles is 1. The number of benzene rings is 1. The highest BCUT2D eigenvalue weighted by molar-refractivity contribution is 6.76. The molecular weight excluding hydrogens is 572 g/mol. The Morgan fingerprint density at radius 3 is 2.55 bits per heavy atom. The van der Waals surface area contributed by atoms with Gasteiger partial charge in [-0.2, -0.15) is 5.26 Å². The summed E-state index contributed by atoms with van der Waals surface area (Å²) in [5.74, 6) is 0.249. The number of hydrogen-bond acceptors (Lipinski definition) is 7. The van der Waals surface area contributed by atoms with Gasteiger partial charge in [0.15, 0.2) is 5.65 Å². The van der Waals surface area contributed by atoms with Crippen LogP contribution in [0.2, 0.25) is 25.7 Å². The van der Waals surface area contributed by atoms with Crippen LogP contribution >= 0.6 is 0 Å². The van der Waals surface area contributed by atoms with Crippen LogP contribution in [0, 0.1) is 30.1 Å². The molecule has 0 radical (unpaired) electrons. The van der Waals surface area contributed by atoms with Crippen molar-refractivity contribution < 1.29 is 14.3 Å². The summed E-state index contributed by atoms with van der Waals surface area (Å²) in [6.45, 7) is 10.5. The number of fused-ring (bicyclic) bond motifs is 1. The fraction of sp³-hybridized carbons (Fsp3) is 0.438. The van der Waals surface area contributed by atoms with Crippen LogP contribution in [0.5, 0.6) is 0 Å². The molecule has 228 valence electrons. The monoisotopic (exact) mass is 610 g/mol. The first-order chi connectivity index (χ1) is 21.1. The third kappa shape index (κ3) is 6.29. The zero-order chi connectivity index (χ0) is 31.0. The molecular formula is C32H38N8O3Si. The Bertz CT molecular complexity index is 1730. The lowest BCUT2D eigenvalue weighted by Crippen LogP contribution is -2.57. The molecule has 1 aromatic carbocycles. The van der Waals surface area contributed by atoms with Gasteiger partial charge >= 0.3 is 0 Å². The average Bonchev–Trinajstić information content (AvgIpc) is 3.65. The van der Waals surface area contributed by atoms with E-state index in [1.165, 1.54) is 0 Å². The fourth-order valence-electron chi connectivity index (χ4n) is 5.39. The Hall–Kier alpha value is -4.34. The number of hydrogen-bond donors (Lipinski definition) is 1. The number of likely N-dealkylation sites (tertiary alicyclic amines) is 1. The molecule has 2 amide bonds. The summed E-state index contributed by atoms with van der Waals surface area (Å²) in [4.78, 5) is 43.2. The quantitative estimate of drug-likeness (QED) is 0.197. The molecule has 12 heteroatoms. The van der Waals surface area contributed by atoms with E-state index >= 15 is 0 Å². The van der Waals surface area contributed by atoms with Crippen molar-refractivity contribution in [1.82, 2.24) is 34.3 Å². The highest BCUT2D eigenvalue weighted by Gasteiger charge is 2.43. The predicted octanol–water partition coefficient (Wildman–Crippen LogP) is 4.40. The standard InChI is InChI=1S/C32H38N8O3Si/c1-21-35-27(19-40(21)24-8-6-5-7-9-24)26-15-34-30-29(36-26)25(18-39(30)20-43-12-13-44(2,3)4)31(41)37-28(23-10-11-23)32(42)38-16-22(14-33)17-38/h5-9,15,18-19,22-23,28H,10-13,16-17,20H2,1-4H3,(H,37,41)/t28-/m1/s1. The van der Waals surface area contributed by atoms with E-state index in [1.54, 1.807) is 21.9 Å². The van der Waals surface area contributed by atoms with E-state index < -0.39 is 14.1 Å². The van der Waals surface area contributed by atoms with Crippen LogP contribution in [-0.4, -0.2) is 74.6 Å². The molecule has 44 heavy (non-hydrogen) atoms. The second kappa shape index (κ2) is 12.0. The van der Waals surface area contributed by atoms with E-state index in [9.17, 15) is 9.59 Å². The Labute approximate surface area is 257 Å². The van der Waals surface area contributed by atoms with E-state index in [0.717, 1.165) is 30.4 Å². The van der Waals surface area contributed by atoms with Crippen molar-refractivity contribution in [3.63, 3.8) is 0 Å². The predicted molar refractivity (Wildman–Crippen MR) is 169 cm³/mol. The van der Waals surface area contributed by atoms with Crippen molar-refractivity contribution in [2.75, 3.05) is 19.7 Å². The topological polar surface area (TPSA) is 131 Å². The number of rotatable bonds is 11. The molecule has 1 aliphatic carbocycles. The first kappa shape index (κ1) is 29.7. The van der Waals surface area contributed by atoms with Gasteiger partial charge in [0.25, 0.3) is 5.91 Å². The van der Waals surface area contributed by atoms with Crippen molar-refractivity contribution in [2.45, 2.75) is 58.2 Å². The fourth-order valence-corrected chi connectivity index (χ4v) is 6.15. The third-order valence-electron chi connectivity index (χ3n) is 8.24. The maximum Gasteiger partial charge on any atom is 0.255 e. The maximum absolute atomic E-state index is 13.9. The van der Waals surface area contributed by atoms with Gasteiger partial charge in [-0.05, 0) is 43.9 Å². The van der Waals surface area contributed by atoms with Gasteiger partial charge in [-0.3, -0.25) is 9.59 Å². The number of ether oxygens (including phenoxy) is 1. The van der Waals surface area contributed by atoms with Crippen LogP contribution < -0.4 is 5.32 Å². The molecule has 2 aliphatic rings. The van der Waals surface area contributed by atoms with Crippen molar-refractivity contribution in [1.29, 1.82) is 5.26 Å². The number of nitrogens with one attached hydrogen (secondary N) is 1. The largest absolute Gasteiger partial charge is 0.361 e. The number of aryl methyl sites for hydroxylation is 1. The van der Waals surface area contributed by atoms with E-state index in [1.807, 2.05) is 48.0 Å². The Morgan fingerprint density at radius 2 is 1.86 bits per heavy atom. The van der Waals surface area contributed by atoms with Crippen LogP contribution in [0.4, 0.5) is 0 Å². The van der Waals surface area contributed by atoms with E-state index in [4.69, 9.17) is 25.0 Å². The van der Waals surface area contributed by atoms with Crippen LogP contribution in [0.25, 0.3) is 28.2 Å². The Balaban J connectivity index is 1.31. The Kier molecular flexibility index (Phi) is 8.09. The second-order valence-corrected chi connectivity index (χ2v) is 18.6. The highest BCUT2D eigenvalue weighted by Crippen LogP contribution is 2.35. The SMILES string of the molecule is Cc1nc(-c2cnc3c(n2)c(C(=O)N[C@@H](C(=O)N2CC(C#N)C2)C2CC2)cn3COCC[Si](C)(C)C)cn1-c1ccccc1. The summed E-state index contributed by atoms with van der Waals surface area (Å²) in [5, 5.41) is 12.2. The zero-order valence-electron chi connectivity index (χ0n) is 25.7. The minimum absolute atomic E-state index is 0.0948. The van der Waals surface area contributed by atoms with E-state index in [2.05, 4.69) is 31.0 Å². The second-order valence-electron chi connectivity index (χ2n) is 13.0. The molecule has 4 heterocycles.